The molecule has 0 radical (unpaired) electrons. The number of aliphatic hydroxyl groups excluding tert-OH is 1. The summed E-state index contributed by atoms with van der Waals surface area (Å²) in [6.07, 6.45) is 3.14. The molecule has 0 amide bonds. The third kappa shape index (κ3) is 2.04. The van der Waals surface area contributed by atoms with E-state index >= 15 is 0 Å². The highest BCUT2D eigenvalue weighted by Gasteiger charge is 2.45. The first-order valence-corrected chi connectivity index (χ1v) is 5.96. The molecule has 2 rings (SSSR count). The van der Waals surface area contributed by atoms with Gasteiger partial charge in [0.15, 0.2) is 0 Å². The maximum absolute atomic E-state index is 9.08. The van der Waals surface area contributed by atoms with Crippen LogP contribution in [0.25, 0.3) is 0 Å². The van der Waals surface area contributed by atoms with Crippen LogP contribution in [0, 0.1) is 0 Å². The zero-order valence-electron chi connectivity index (χ0n) is 8.79. The van der Waals surface area contributed by atoms with Gasteiger partial charge in [0, 0.05) is 22.1 Å². The van der Waals surface area contributed by atoms with Gasteiger partial charge in [-0.3, -0.25) is 0 Å². The minimum Gasteiger partial charge on any atom is -0.496 e. The van der Waals surface area contributed by atoms with Crippen molar-refractivity contribution in [3.63, 3.8) is 0 Å². The second-order valence-electron chi connectivity index (χ2n) is 4.10. The van der Waals surface area contributed by atoms with Gasteiger partial charge in [-0.1, -0.05) is 15.9 Å². The highest BCUT2D eigenvalue weighted by atomic mass is 79.9. The lowest BCUT2D eigenvalue weighted by molar-refractivity contribution is 0.269. The van der Waals surface area contributed by atoms with Crippen LogP contribution in [-0.4, -0.2) is 18.8 Å². The minimum absolute atomic E-state index is 0.171. The Hall–Kier alpha value is -0.540. The maximum Gasteiger partial charge on any atom is 0.122 e. The molecular weight excluding hydrogens is 256 g/mol. The molecule has 0 saturated heterocycles. The average Bonchev–Trinajstić information content (AvgIpc) is 2.99. The Morgan fingerprint density at radius 3 is 2.73 bits per heavy atom. The molecule has 82 valence electrons. The van der Waals surface area contributed by atoms with E-state index in [1.807, 2.05) is 12.1 Å². The molecular formula is C12H15BrO2. The van der Waals surface area contributed by atoms with Gasteiger partial charge in [-0.15, -0.1) is 0 Å². The largest absolute Gasteiger partial charge is 0.496 e. The first kappa shape index (κ1) is 11.0. The highest BCUT2D eigenvalue weighted by molar-refractivity contribution is 9.10. The van der Waals surface area contributed by atoms with Crippen LogP contribution in [0.1, 0.15) is 24.8 Å². The summed E-state index contributed by atoms with van der Waals surface area (Å²) >= 11 is 3.48. The van der Waals surface area contributed by atoms with Crippen molar-refractivity contribution >= 4 is 15.9 Å². The van der Waals surface area contributed by atoms with Gasteiger partial charge in [-0.05, 0) is 37.5 Å². The molecule has 0 bridgehead atoms. The van der Waals surface area contributed by atoms with E-state index in [1.165, 1.54) is 5.56 Å². The summed E-state index contributed by atoms with van der Waals surface area (Å²) in [5.41, 5.74) is 1.40. The lowest BCUT2D eigenvalue weighted by atomic mass is 9.92. The molecule has 0 aromatic heterocycles. The molecule has 3 heteroatoms. The molecule has 0 spiro atoms. The number of hydrogen-bond donors (Lipinski definition) is 1. The number of ether oxygens (including phenoxy) is 1. The zero-order valence-corrected chi connectivity index (χ0v) is 10.4. The number of rotatable bonds is 4. The molecule has 2 nitrogen and oxygen atoms in total. The monoisotopic (exact) mass is 270 g/mol. The molecule has 0 aliphatic heterocycles. The number of benzene rings is 1. The fourth-order valence-corrected chi connectivity index (χ4v) is 2.47. The van der Waals surface area contributed by atoms with Gasteiger partial charge >= 0.3 is 0 Å². The Morgan fingerprint density at radius 2 is 2.20 bits per heavy atom. The summed E-state index contributed by atoms with van der Waals surface area (Å²) in [5.74, 6) is 0.934. The Kier molecular flexibility index (Phi) is 3.03. The SMILES string of the molecule is COc1ccc(Br)cc1C1(CCO)CC1. The zero-order chi connectivity index (χ0) is 10.9. The van der Waals surface area contributed by atoms with Gasteiger partial charge in [0.1, 0.15) is 5.75 Å². The van der Waals surface area contributed by atoms with Crippen LogP contribution in [0.2, 0.25) is 0 Å². The van der Waals surface area contributed by atoms with Crippen LogP contribution in [0.4, 0.5) is 0 Å². The lowest BCUT2D eigenvalue weighted by Gasteiger charge is -2.18. The first-order valence-electron chi connectivity index (χ1n) is 5.17. The van der Waals surface area contributed by atoms with Crippen molar-refractivity contribution in [3.05, 3.63) is 28.2 Å². The van der Waals surface area contributed by atoms with E-state index < -0.39 is 0 Å². The number of hydrogen-bond acceptors (Lipinski definition) is 2. The van der Waals surface area contributed by atoms with Crippen LogP contribution in [0.15, 0.2) is 22.7 Å². The van der Waals surface area contributed by atoms with E-state index in [2.05, 4.69) is 22.0 Å². The van der Waals surface area contributed by atoms with Crippen molar-refractivity contribution in [1.82, 2.24) is 0 Å². The number of halogens is 1. The fourth-order valence-electron chi connectivity index (χ4n) is 2.11. The molecule has 0 atom stereocenters. The van der Waals surface area contributed by atoms with E-state index in [-0.39, 0.29) is 12.0 Å². The highest BCUT2D eigenvalue weighted by Crippen LogP contribution is 2.54. The molecule has 1 aromatic carbocycles. The van der Waals surface area contributed by atoms with Gasteiger partial charge in [-0.25, -0.2) is 0 Å². The van der Waals surface area contributed by atoms with Crippen LogP contribution >= 0.6 is 15.9 Å². The van der Waals surface area contributed by atoms with E-state index in [4.69, 9.17) is 9.84 Å². The van der Waals surface area contributed by atoms with Crippen LogP contribution in [0.3, 0.4) is 0 Å². The van der Waals surface area contributed by atoms with Gasteiger partial charge in [0.25, 0.3) is 0 Å². The van der Waals surface area contributed by atoms with Crippen LogP contribution in [-0.2, 0) is 5.41 Å². The maximum atomic E-state index is 9.08. The fraction of sp³-hybridized carbons (Fsp3) is 0.500. The quantitative estimate of drug-likeness (QED) is 0.912. The standard InChI is InChI=1S/C12H15BrO2/c1-15-11-3-2-9(13)8-10(11)12(4-5-12)6-7-14/h2-3,8,14H,4-7H2,1H3. The second-order valence-corrected chi connectivity index (χ2v) is 5.01. The van der Waals surface area contributed by atoms with Gasteiger partial charge in [0.2, 0.25) is 0 Å². The predicted molar refractivity (Wildman–Crippen MR) is 63.3 cm³/mol. The van der Waals surface area contributed by atoms with E-state index in [1.54, 1.807) is 7.11 Å². The molecule has 1 aromatic rings. The Bertz CT molecular complexity index is 359. The second kappa shape index (κ2) is 4.14. The normalized spacial score (nSPS) is 17.5. The first-order chi connectivity index (χ1) is 7.22. The molecule has 1 aliphatic carbocycles. The van der Waals surface area contributed by atoms with Crippen molar-refractivity contribution < 1.29 is 9.84 Å². The van der Waals surface area contributed by atoms with Crippen LogP contribution < -0.4 is 4.74 Å². The van der Waals surface area contributed by atoms with E-state index in [0.29, 0.717) is 0 Å². The predicted octanol–water partition coefficient (Wildman–Crippen LogP) is 2.87. The Labute approximate surface area is 98.4 Å². The Balaban J connectivity index is 2.37. The topological polar surface area (TPSA) is 29.5 Å². The molecule has 1 saturated carbocycles. The Morgan fingerprint density at radius 1 is 1.47 bits per heavy atom. The van der Waals surface area contributed by atoms with Crippen molar-refractivity contribution in [2.75, 3.05) is 13.7 Å². The molecule has 1 fully saturated rings. The molecule has 15 heavy (non-hydrogen) atoms. The average molecular weight is 271 g/mol. The third-order valence-corrected chi connectivity index (χ3v) is 3.67. The van der Waals surface area contributed by atoms with E-state index in [0.717, 1.165) is 29.5 Å². The summed E-state index contributed by atoms with van der Waals surface area (Å²) in [5, 5.41) is 9.08. The summed E-state index contributed by atoms with van der Waals surface area (Å²) in [6.45, 7) is 0.246. The lowest BCUT2D eigenvalue weighted by Crippen LogP contribution is -2.10. The summed E-state index contributed by atoms with van der Waals surface area (Å²) in [7, 11) is 1.70. The molecule has 1 aliphatic rings. The van der Waals surface area contributed by atoms with Crippen molar-refractivity contribution in [2.24, 2.45) is 0 Å². The summed E-state index contributed by atoms with van der Waals surface area (Å²) in [4.78, 5) is 0. The summed E-state index contributed by atoms with van der Waals surface area (Å²) < 4.78 is 6.44. The van der Waals surface area contributed by atoms with Gasteiger partial charge < -0.3 is 9.84 Å². The summed E-state index contributed by atoms with van der Waals surface area (Å²) in [6, 6.07) is 6.08. The van der Waals surface area contributed by atoms with Crippen molar-refractivity contribution in [1.29, 1.82) is 0 Å². The minimum atomic E-state index is 0.171. The van der Waals surface area contributed by atoms with E-state index in [9.17, 15) is 0 Å². The van der Waals surface area contributed by atoms with Crippen molar-refractivity contribution in [3.8, 4) is 5.75 Å². The van der Waals surface area contributed by atoms with Crippen molar-refractivity contribution in [2.45, 2.75) is 24.7 Å². The molecule has 0 heterocycles. The molecule has 0 unspecified atom stereocenters. The number of methoxy groups -OCH3 is 1. The number of aliphatic hydroxyl groups is 1. The van der Waals surface area contributed by atoms with Gasteiger partial charge in [0.05, 0.1) is 7.11 Å². The van der Waals surface area contributed by atoms with Gasteiger partial charge in [-0.2, -0.15) is 0 Å². The smallest absolute Gasteiger partial charge is 0.122 e. The van der Waals surface area contributed by atoms with Crippen LogP contribution in [0.5, 0.6) is 5.75 Å². The third-order valence-electron chi connectivity index (χ3n) is 3.18. The molecule has 1 N–H and O–H groups in total.